The van der Waals surface area contributed by atoms with Gasteiger partial charge in [0.05, 0.1) is 27.8 Å². The van der Waals surface area contributed by atoms with E-state index in [1.54, 1.807) is 0 Å². The highest BCUT2D eigenvalue weighted by Crippen LogP contribution is 2.37. The maximum Gasteiger partial charge on any atom is 0.235 e. The summed E-state index contributed by atoms with van der Waals surface area (Å²) in [7, 11) is 0. The summed E-state index contributed by atoms with van der Waals surface area (Å²) in [6.07, 6.45) is 1.88. The smallest absolute Gasteiger partial charge is 0.235 e. The van der Waals surface area contributed by atoms with Gasteiger partial charge in [0.25, 0.3) is 0 Å². The Hall–Kier alpha value is -6.78. The summed E-state index contributed by atoms with van der Waals surface area (Å²) in [5, 5.41) is 4.83. The summed E-state index contributed by atoms with van der Waals surface area (Å²) < 4.78 is 4.57. The van der Waals surface area contributed by atoms with Crippen LogP contribution in [0.15, 0.2) is 182 Å². The zero-order valence-electron chi connectivity index (χ0n) is 27.1. The van der Waals surface area contributed by atoms with E-state index in [2.05, 4.69) is 179 Å². The predicted molar refractivity (Wildman–Crippen MR) is 207 cm³/mol. The molecule has 0 aliphatic heterocycles. The molecule has 3 aromatic heterocycles. The third-order valence-corrected chi connectivity index (χ3v) is 9.78. The van der Waals surface area contributed by atoms with Crippen LogP contribution in [0.2, 0.25) is 0 Å². The molecule has 234 valence electrons. The minimum absolute atomic E-state index is 0.643. The van der Waals surface area contributed by atoms with Crippen LogP contribution in [-0.4, -0.2) is 19.1 Å². The molecule has 0 radical (unpaired) electrons. The number of hydrogen-bond donors (Lipinski definition) is 0. The van der Waals surface area contributed by atoms with Gasteiger partial charge in [0, 0.05) is 39.0 Å². The van der Waals surface area contributed by atoms with E-state index in [4.69, 9.17) is 9.97 Å². The highest BCUT2D eigenvalue weighted by atomic mass is 15.2. The van der Waals surface area contributed by atoms with Gasteiger partial charge in [-0.15, -0.1) is 0 Å². The minimum atomic E-state index is 0.643. The molecule has 4 nitrogen and oxygen atoms in total. The first-order valence-corrected chi connectivity index (χ1v) is 16.9. The SMILES string of the molecule is c1ccc(-c2cc(-c3ccccc3)cc(-c3ccnc(-n4c5ccccc5c5cc(-n6c7ccccc7c7ccccc76)ccc54)n3)c2)cc1. The van der Waals surface area contributed by atoms with Gasteiger partial charge in [-0.3, -0.25) is 4.57 Å². The van der Waals surface area contributed by atoms with Crippen LogP contribution < -0.4 is 0 Å². The summed E-state index contributed by atoms with van der Waals surface area (Å²) in [5.41, 5.74) is 12.2. The molecule has 7 aromatic carbocycles. The van der Waals surface area contributed by atoms with Crippen molar-refractivity contribution in [2.24, 2.45) is 0 Å². The van der Waals surface area contributed by atoms with E-state index in [9.17, 15) is 0 Å². The lowest BCUT2D eigenvalue weighted by molar-refractivity contribution is 0.992. The second-order valence-electron chi connectivity index (χ2n) is 12.7. The fourth-order valence-corrected chi connectivity index (χ4v) is 7.50. The predicted octanol–water partition coefficient (Wildman–Crippen LogP) is 11.7. The topological polar surface area (TPSA) is 35.6 Å². The third kappa shape index (κ3) is 4.54. The van der Waals surface area contributed by atoms with Crippen molar-refractivity contribution in [3.05, 3.63) is 182 Å². The molecule has 0 aliphatic carbocycles. The van der Waals surface area contributed by atoms with Crippen LogP contribution in [0, 0.1) is 0 Å². The fourth-order valence-electron chi connectivity index (χ4n) is 7.50. The molecule has 0 spiro atoms. The number of benzene rings is 7. The van der Waals surface area contributed by atoms with Gasteiger partial charge in [0.2, 0.25) is 5.95 Å². The zero-order valence-corrected chi connectivity index (χ0v) is 27.1. The molecule has 50 heavy (non-hydrogen) atoms. The second kappa shape index (κ2) is 11.4. The van der Waals surface area contributed by atoms with Gasteiger partial charge >= 0.3 is 0 Å². The molecule has 0 fully saturated rings. The molecule has 0 amide bonds. The van der Waals surface area contributed by atoms with E-state index >= 15 is 0 Å². The molecule has 3 heterocycles. The Balaban J connectivity index is 1.16. The van der Waals surface area contributed by atoms with Crippen LogP contribution in [0.4, 0.5) is 0 Å². The second-order valence-corrected chi connectivity index (χ2v) is 12.7. The monoisotopic (exact) mass is 638 g/mol. The first kappa shape index (κ1) is 28.3. The van der Waals surface area contributed by atoms with Crippen molar-refractivity contribution in [1.29, 1.82) is 0 Å². The normalized spacial score (nSPS) is 11.6. The van der Waals surface area contributed by atoms with Crippen LogP contribution in [0.5, 0.6) is 0 Å². The summed E-state index contributed by atoms with van der Waals surface area (Å²) in [4.78, 5) is 10.1. The van der Waals surface area contributed by atoms with Crippen LogP contribution >= 0.6 is 0 Å². The van der Waals surface area contributed by atoms with Crippen molar-refractivity contribution in [3.63, 3.8) is 0 Å². The molecular formula is C46H30N4. The minimum Gasteiger partial charge on any atom is -0.309 e. The molecule has 0 saturated carbocycles. The van der Waals surface area contributed by atoms with Crippen LogP contribution in [0.25, 0.3) is 88.8 Å². The fraction of sp³-hybridized carbons (Fsp3) is 0. The van der Waals surface area contributed by atoms with E-state index in [0.29, 0.717) is 5.95 Å². The van der Waals surface area contributed by atoms with Gasteiger partial charge in [-0.2, -0.15) is 0 Å². The summed E-state index contributed by atoms with van der Waals surface area (Å²) in [6.45, 7) is 0. The first-order chi connectivity index (χ1) is 24.8. The van der Waals surface area contributed by atoms with E-state index in [-0.39, 0.29) is 0 Å². The van der Waals surface area contributed by atoms with Gasteiger partial charge in [-0.1, -0.05) is 115 Å². The molecule has 0 saturated heterocycles. The molecule has 0 aliphatic rings. The Bertz CT molecular complexity index is 2750. The van der Waals surface area contributed by atoms with Gasteiger partial charge in [0.15, 0.2) is 0 Å². The quantitative estimate of drug-likeness (QED) is 0.188. The number of para-hydroxylation sites is 3. The lowest BCUT2D eigenvalue weighted by Crippen LogP contribution is -2.02. The third-order valence-electron chi connectivity index (χ3n) is 9.78. The standard InChI is InChI=1S/C46H30N4/c1-3-13-31(14-4-1)33-27-34(32-15-5-2-6-16-32)29-35(28-33)41-25-26-47-46(48-41)50-44-22-12-9-19-39(44)40-30-36(23-24-45(40)50)49-42-20-10-7-17-37(42)38-18-8-11-21-43(38)49/h1-30H. The Morgan fingerprint density at radius 3 is 1.42 bits per heavy atom. The van der Waals surface area contributed by atoms with E-state index in [1.807, 2.05) is 12.3 Å². The molecule has 10 rings (SSSR count). The highest BCUT2D eigenvalue weighted by molar-refractivity contribution is 6.12. The Morgan fingerprint density at radius 2 is 0.820 bits per heavy atom. The number of nitrogens with zero attached hydrogens (tertiary/aromatic N) is 4. The summed E-state index contributed by atoms with van der Waals surface area (Å²) in [5.74, 6) is 0.643. The Labute approximate surface area is 289 Å². The molecule has 4 heteroatoms. The van der Waals surface area contributed by atoms with Crippen molar-refractivity contribution in [3.8, 4) is 45.1 Å². The molecule has 0 N–H and O–H groups in total. The Kier molecular flexibility index (Phi) is 6.46. The highest BCUT2D eigenvalue weighted by Gasteiger charge is 2.18. The maximum atomic E-state index is 5.26. The number of rotatable bonds is 5. The van der Waals surface area contributed by atoms with Crippen molar-refractivity contribution < 1.29 is 0 Å². The average Bonchev–Trinajstić information content (AvgIpc) is 3.71. The zero-order chi connectivity index (χ0) is 33.0. The van der Waals surface area contributed by atoms with Crippen molar-refractivity contribution in [1.82, 2.24) is 19.1 Å². The largest absolute Gasteiger partial charge is 0.309 e. The van der Waals surface area contributed by atoms with Crippen LogP contribution in [-0.2, 0) is 0 Å². The lowest BCUT2D eigenvalue weighted by Gasteiger charge is -2.12. The number of hydrogen-bond acceptors (Lipinski definition) is 2. The molecule has 0 bridgehead atoms. The average molecular weight is 639 g/mol. The van der Waals surface area contributed by atoms with Gasteiger partial charge < -0.3 is 4.57 Å². The van der Waals surface area contributed by atoms with E-state index in [0.717, 1.165) is 49.9 Å². The van der Waals surface area contributed by atoms with Crippen LogP contribution in [0.1, 0.15) is 0 Å². The molecule has 0 unspecified atom stereocenters. The lowest BCUT2D eigenvalue weighted by atomic mass is 9.95. The van der Waals surface area contributed by atoms with Crippen molar-refractivity contribution >= 4 is 43.6 Å². The van der Waals surface area contributed by atoms with Gasteiger partial charge in [-0.05, 0) is 82.9 Å². The maximum absolute atomic E-state index is 5.26. The van der Waals surface area contributed by atoms with Gasteiger partial charge in [0.1, 0.15) is 0 Å². The van der Waals surface area contributed by atoms with Crippen molar-refractivity contribution in [2.75, 3.05) is 0 Å². The summed E-state index contributed by atoms with van der Waals surface area (Å²) >= 11 is 0. The molecule has 0 atom stereocenters. The number of fused-ring (bicyclic) bond motifs is 6. The first-order valence-electron chi connectivity index (χ1n) is 16.9. The molecule has 10 aromatic rings. The Morgan fingerprint density at radius 1 is 0.340 bits per heavy atom. The van der Waals surface area contributed by atoms with E-state index < -0.39 is 0 Å². The van der Waals surface area contributed by atoms with Gasteiger partial charge in [-0.25, -0.2) is 9.97 Å². The van der Waals surface area contributed by atoms with Crippen LogP contribution in [0.3, 0.4) is 0 Å². The van der Waals surface area contributed by atoms with Crippen molar-refractivity contribution in [2.45, 2.75) is 0 Å². The number of aromatic nitrogens is 4. The van der Waals surface area contributed by atoms with E-state index in [1.165, 1.54) is 32.9 Å². The molecular weight excluding hydrogens is 609 g/mol. The summed E-state index contributed by atoms with van der Waals surface area (Å²) in [6, 6.07) is 62.4.